The van der Waals surface area contributed by atoms with Crippen molar-refractivity contribution in [3.8, 4) is 11.5 Å². The van der Waals surface area contributed by atoms with Crippen molar-refractivity contribution in [2.75, 3.05) is 20.8 Å². The van der Waals surface area contributed by atoms with Crippen LogP contribution in [0.2, 0.25) is 0 Å². The van der Waals surface area contributed by atoms with E-state index >= 15 is 0 Å². The minimum Gasteiger partial charge on any atom is -0.493 e. The molecule has 0 aliphatic carbocycles. The van der Waals surface area contributed by atoms with Gasteiger partial charge in [0, 0.05) is 18.0 Å². The third-order valence-electron chi connectivity index (χ3n) is 6.83. The smallest absolute Gasteiger partial charge is 0.254 e. The summed E-state index contributed by atoms with van der Waals surface area (Å²) in [6, 6.07) is 22.5. The lowest BCUT2D eigenvalue weighted by molar-refractivity contribution is 0.0633. The Hall–Kier alpha value is -3.27. The van der Waals surface area contributed by atoms with E-state index in [1.54, 1.807) is 14.2 Å². The average Bonchev–Trinajstić information content (AvgIpc) is 2.86. The van der Waals surface area contributed by atoms with Crippen LogP contribution < -0.4 is 9.47 Å². The van der Waals surface area contributed by atoms with Crippen molar-refractivity contribution in [2.45, 2.75) is 45.6 Å². The molecular weight excluding hydrogens is 422 g/mol. The fraction of sp³-hybridized carbons (Fsp3) is 0.367. The molecule has 4 heteroatoms. The molecular formula is C30H35NO3. The minimum absolute atomic E-state index is 0.0642. The molecule has 1 amide bonds. The Morgan fingerprint density at radius 2 is 1.59 bits per heavy atom. The van der Waals surface area contributed by atoms with E-state index in [1.807, 2.05) is 35.2 Å². The lowest BCUT2D eigenvalue weighted by atomic mass is 9.81. The maximum atomic E-state index is 13.7. The molecule has 1 aliphatic rings. The topological polar surface area (TPSA) is 38.8 Å². The molecule has 0 radical (unpaired) electrons. The standard InChI is InChI=1S/C30H35NO3/c1-20(2)17-22-11-13-23(14-12-22)21(3)29-26-19-28(34-5)27(33-4)18-25(26)15-16-31(29)30(32)24-9-7-6-8-10-24/h6-14,18-21,29H,15-17H2,1-5H3/t21-,29-/m0/s1. The summed E-state index contributed by atoms with van der Waals surface area (Å²) in [6.07, 6.45) is 1.85. The van der Waals surface area contributed by atoms with E-state index in [9.17, 15) is 4.79 Å². The van der Waals surface area contributed by atoms with Gasteiger partial charge >= 0.3 is 0 Å². The number of ether oxygens (including phenoxy) is 2. The number of hydrogen-bond acceptors (Lipinski definition) is 3. The zero-order valence-corrected chi connectivity index (χ0v) is 20.9. The van der Waals surface area contributed by atoms with Gasteiger partial charge in [0.25, 0.3) is 5.91 Å². The highest BCUT2D eigenvalue weighted by molar-refractivity contribution is 5.94. The zero-order chi connectivity index (χ0) is 24.2. The lowest BCUT2D eigenvalue weighted by Crippen LogP contribution is -2.42. The van der Waals surface area contributed by atoms with Crippen LogP contribution in [0, 0.1) is 5.92 Å². The first-order chi connectivity index (χ1) is 16.4. The number of carbonyl (C=O) groups excluding carboxylic acids is 1. The molecule has 0 saturated carbocycles. The van der Waals surface area contributed by atoms with Gasteiger partial charge < -0.3 is 14.4 Å². The van der Waals surface area contributed by atoms with E-state index in [-0.39, 0.29) is 17.9 Å². The Kier molecular flexibility index (Phi) is 7.26. The Bertz CT molecular complexity index is 1120. The second kappa shape index (κ2) is 10.3. The van der Waals surface area contributed by atoms with Crippen LogP contribution in [0.25, 0.3) is 0 Å². The predicted molar refractivity (Wildman–Crippen MR) is 137 cm³/mol. The number of hydrogen-bond donors (Lipinski definition) is 0. The number of nitrogens with zero attached hydrogens (tertiary/aromatic N) is 1. The van der Waals surface area contributed by atoms with E-state index in [4.69, 9.17) is 9.47 Å². The second-order valence-corrected chi connectivity index (χ2v) is 9.59. The first kappa shape index (κ1) is 23.9. The van der Waals surface area contributed by atoms with Crippen LogP contribution in [0.1, 0.15) is 65.3 Å². The van der Waals surface area contributed by atoms with Gasteiger partial charge in [-0.1, -0.05) is 63.2 Å². The SMILES string of the molecule is COc1cc2c(cc1OC)[C@H]([C@@H](C)c1ccc(CC(C)C)cc1)N(C(=O)c1ccccc1)CC2. The summed E-state index contributed by atoms with van der Waals surface area (Å²) in [6.45, 7) is 7.37. The van der Waals surface area contributed by atoms with Gasteiger partial charge in [0.2, 0.25) is 0 Å². The minimum atomic E-state index is -0.104. The van der Waals surface area contributed by atoms with Crippen LogP contribution in [0.15, 0.2) is 66.7 Å². The maximum absolute atomic E-state index is 13.7. The number of rotatable bonds is 7. The predicted octanol–water partition coefficient (Wildman–Crippen LogP) is 6.45. The molecule has 0 N–H and O–H groups in total. The highest BCUT2D eigenvalue weighted by Crippen LogP contribution is 2.44. The molecule has 4 nitrogen and oxygen atoms in total. The fourth-order valence-electron chi connectivity index (χ4n) is 5.10. The van der Waals surface area contributed by atoms with Gasteiger partial charge in [0.15, 0.2) is 11.5 Å². The quantitative estimate of drug-likeness (QED) is 0.409. The summed E-state index contributed by atoms with van der Waals surface area (Å²) >= 11 is 0. The van der Waals surface area contributed by atoms with Crippen molar-refractivity contribution in [1.82, 2.24) is 4.90 Å². The van der Waals surface area contributed by atoms with Gasteiger partial charge in [0.1, 0.15) is 0 Å². The molecule has 0 saturated heterocycles. The highest BCUT2D eigenvalue weighted by atomic mass is 16.5. The van der Waals surface area contributed by atoms with Gasteiger partial charge in [-0.25, -0.2) is 0 Å². The van der Waals surface area contributed by atoms with E-state index in [1.165, 1.54) is 16.7 Å². The van der Waals surface area contributed by atoms with Crippen LogP contribution in [0.3, 0.4) is 0 Å². The van der Waals surface area contributed by atoms with Crippen LogP contribution in [0.4, 0.5) is 0 Å². The first-order valence-electron chi connectivity index (χ1n) is 12.1. The lowest BCUT2D eigenvalue weighted by Gasteiger charge is -2.41. The normalized spacial score (nSPS) is 16.2. The Morgan fingerprint density at radius 3 is 2.21 bits per heavy atom. The van der Waals surface area contributed by atoms with Crippen LogP contribution >= 0.6 is 0 Å². The van der Waals surface area contributed by atoms with Crippen molar-refractivity contribution < 1.29 is 14.3 Å². The molecule has 0 unspecified atom stereocenters. The second-order valence-electron chi connectivity index (χ2n) is 9.59. The molecule has 0 spiro atoms. The number of carbonyl (C=O) groups is 1. The highest BCUT2D eigenvalue weighted by Gasteiger charge is 2.36. The van der Waals surface area contributed by atoms with Crippen molar-refractivity contribution in [3.63, 3.8) is 0 Å². The van der Waals surface area contributed by atoms with Crippen molar-refractivity contribution in [1.29, 1.82) is 0 Å². The third kappa shape index (κ3) is 4.82. The van der Waals surface area contributed by atoms with Gasteiger partial charge in [-0.05, 0) is 65.3 Å². The largest absolute Gasteiger partial charge is 0.493 e. The molecule has 1 aliphatic heterocycles. The van der Waals surface area contributed by atoms with E-state index in [0.29, 0.717) is 18.2 Å². The molecule has 1 heterocycles. The maximum Gasteiger partial charge on any atom is 0.254 e. The number of amides is 1. The molecule has 3 aromatic carbocycles. The van der Waals surface area contributed by atoms with Gasteiger partial charge in [-0.15, -0.1) is 0 Å². The third-order valence-corrected chi connectivity index (χ3v) is 6.83. The number of benzene rings is 3. The Labute approximate surface area is 203 Å². The summed E-state index contributed by atoms with van der Waals surface area (Å²) in [4.78, 5) is 15.7. The molecule has 34 heavy (non-hydrogen) atoms. The molecule has 0 aromatic heterocycles. The summed E-state index contributed by atoms with van der Waals surface area (Å²) < 4.78 is 11.2. The fourth-order valence-corrected chi connectivity index (χ4v) is 5.10. The number of methoxy groups -OCH3 is 2. The van der Waals surface area contributed by atoms with E-state index < -0.39 is 0 Å². The van der Waals surface area contributed by atoms with Crippen molar-refractivity contribution in [3.05, 3.63) is 94.5 Å². The Morgan fingerprint density at radius 1 is 0.941 bits per heavy atom. The molecule has 4 rings (SSSR count). The van der Waals surface area contributed by atoms with Gasteiger partial charge in [0.05, 0.1) is 20.3 Å². The van der Waals surface area contributed by atoms with Gasteiger partial charge in [-0.2, -0.15) is 0 Å². The summed E-state index contributed by atoms with van der Waals surface area (Å²) in [5.41, 5.74) is 5.63. The monoisotopic (exact) mass is 457 g/mol. The molecule has 0 bridgehead atoms. The first-order valence-corrected chi connectivity index (χ1v) is 12.1. The van der Waals surface area contributed by atoms with Crippen LogP contribution in [-0.4, -0.2) is 31.6 Å². The zero-order valence-electron chi connectivity index (χ0n) is 20.9. The van der Waals surface area contributed by atoms with Crippen LogP contribution in [0.5, 0.6) is 11.5 Å². The van der Waals surface area contributed by atoms with Crippen molar-refractivity contribution >= 4 is 5.91 Å². The average molecular weight is 458 g/mol. The van der Waals surface area contributed by atoms with E-state index in [0.717, 1.165) is 29.7 Å². The van der Waals surface area contributed by atoms with Crippen molar-refractivity contribution in [2.24, 2.45) is 5.92 Å². The van der Waals surface area contributed by atoms with E-state index in [2.05, 4.69) is 57.2 Å². The summed E-state index contributed by atoms with van der Waals surface area (Å²) in [7, 11) is 3.32. The molecule has 3 aromatic rings. The molecule has 0 fully saturated rings. The summed E-state index contributed by atoms with van der Waals surface area (Å²) in [5.74, 6) is 2.22. The number of fused-ring (bicyclic) bond motifs is 1. The van der Waals surface area contributed by atoms with Gasteiger partial charge in [-0.3, -0.25) is 4.79 Å². The summed E-state index contributed by atoms with van der Waals surface area (Å²) in [5, 5.41) is 0. The van der Waals surface area contributed by atoms with Crippen LogP contribution in [-0.2, 0) is 12.8 Å². The molecule has 2 atom stereocenters. The Balaban J connectivity index is 1.77. The molecule has 178 valence electrons.